The minimum Gasteiger partial charge on any atom is -0.496 e. The van der Waals surface area contributed by atoms with Gasteiger partial charge in [0.25, 0.3) is 0 Å². The van der Waals surface area contributed by atoms with Crippen molar-refractivity contribution in [1.82, 2.24) is 4.57 Å². The van der Waals surface area contributed by atoms with Crippen LogP contribution in [0.3, 0.4) is 0 Å². The fraction of sp³-hybridized carbons (Fsp3) is 0.280. The molecule has 4 aromatic rings. The van der Waals surface area contributed by atoms with Crippen molar-refractivity contribution in [2.45, 2.75) is 31.7 Å². The summed E-state index contributed by atoms with van der Waals surface area (Å²) >= 11 is 5.23. The van der Waals surface area contributed by atoms with Crippen LogP contribution in [0, 0.1) is 0 Å². The molecule has 32 heavy (non-hydrogen) atoms. The average molecular weight is 448 g/mol. The van der Waals surface area contributed by atoms with E-state index in [0.29, 0.717) is 27.8 Å². The number of hydrogen-bond donors (Lipinski definition) is 0. The molecule has 7 heteroatoms. The summed E-state index contributed by atoms with van der Waals surface area (Å²) in [5.41, 5.74) is 1.49. The number of thiocarbonyl (C=S) groups is 1. The highest BCUT2D eigenvalue weighted by Gasteiger charge is 2.53. The summed E-state index contributed by atoms with van der Waals surface area (Å²) in [4.78, 5) is 13.8. The summed E-state index contributed by atoms with van der Waals surface area (Å²) in [7, 11) is 3.51. The zero-order chi connectivity index (χ0) is 22.4. The van der Waals surface area contributed by atoms with Crippen LogP contribution in [0.4, 0.5) is 0 Å². The molecule has 3 heterocycles. The first-order chi connectivity index (χ1) is 15.3. The van der Waals surface area contributed by atoms with Crippen molar-refractivity contribution >= 4 is 50.0 Å². The van der Waals surface area contributed by atoms with Crippen molar-refractivity contribution in [3.63, 3.8) is 0 Å². The smallest absolute Gasteiger partial charge is 0.353 e. The van der Waals surface area contributed by atoms with Crippen LogP contribution in [0.1, 0.15) is 25.5 Å². The number of nitrogens with zero attached hydrogens (tertiary/aromatic N) is 1. The van der Waals surface area contributed by atoms with E-state index in [4.69, 9.17) is 31.2 Å². The van der Waals surface area contributed by atoms with E-state index in [2.05, 4.69) is 0 Å². The molecule has 6 nitrogen and oxygen atoms in total. The minimum absolute atomic E-state index is 0.0882. The van der Waals surface area contributed by atoms with Crippen LogP contribution < -0.4 is 14.9 Å². The maximum Gasteiger partial charge on any atom is 0.353 e. The van der Waals surface area contributed by atoms with Crippen LogP contribution >= 0.6 is 12.2 Å². The molecule has 2 aliphatic rings. The molecule has 0 N–H and O–H groups in total. The van der Waals surface area contributed by atoms with Gasteiger partial charge < -0.3 is 23.5 Å². The zero-order valence-electron chi connectivity index (χ0n) is 18.1. The molecule has 1 aromatic heterocycles. The van der Waals surface area contributed by atoms with Crippen molar-refractivity contribution < 1.29 is 18.9 Å². The fourth-order valence-corrected chi connectivity index (χ4v) is 5.29. The van der Waals surface area contributed by atoms with Crippen molar-refractivity contribution in [1.29, 1.82) is 0 Å². The second-order valence-corrected chi connectivity index (χ2v) is 9.18. The Balaban J connectivity index is 1.81. The zero-order valence-corrected chi connectivity index (χ0v) is 18.9. The molecule has 0 unspecified atom stereocenters. The van der Waals surface area contributed by atoms with Gasteiger partial charge in [-0.2, -0.15) is 0 Å². The maximum atomic E-state index is 13.8. The molecule has 2 atom stereocenters. The van der Waals surface area contributed by atoms with Gasteiger partial charge in [-0.25, -0.2) is 0 Å². The van der Waals surface area contributed by atoms with Crippen molar-refractivity contribution in [2.75, 3.05) is 7.11 Å². The molecule has 3 aromatic carbocycles. The van der Waals surface area contributed by atoms with Crippen molar-refractivity contribution in [3.05, 3.63) is 58.3 Å². The largest absolute Gasteiger partial charge is 0.496 e. The molecule has 162 valence electrons. The lowest BCUT2D eigenvalue weighted by molar-refractivity contribution is -0.0479. The molecule has 1 fully saturated rings. The summed E-state index contributed by atoms with van der Waals surface area (Å²) < 4.78 is 25.8. The third-order valence-electron chi connectivity index (χ3n) is 6.58. The molecule has 6 rings (SSSR count). The predicted octanol–water partition coefficient (Wildman–Crippen LogP) is 4.77. The SMILES string of the molecule is COc1cc2c(c3c1c(=O)c1cc4ccccc4cc1n3C)[C@H]1OC(=S)O[C@H]1C(C)(C)O2. The van der Waals surface area contributed by atoms with Crippen molar-refractivity contribution in [2.24, 2.45) is 7.05 Å². The lowest BCUT2D eigenvalue weighted by Crippen LogP contribution is -2.48. The van der Waals surface area contributed by atoms with E-state index >= 15 is 0 Å². The highest BCUT2D eigenvalue weighted by molar-refractivity contribution is 7.79. The molecule has 2 aliphatic heterocycles. The van der Waals surface area contributed by atoms with Gasteiger partial charge in [0.2, 0.25) is 5.43 Å². The van der Waals surface area contributed by atoms with E-state index in [9.17, 15) is 4.79 Å². The normalized spacial score (nSPS) is 21.1. The summed E-state index contributed by atoms with van der Waals surface area (Å²) in [6.07, 6.45) is -0.917. The Bertz CT molecular complexity index is 1540. The Morgan fingerprint density at radius 1 is 1.09 bits per heavy atom. The number of aromatic nitrogens is 1. The molecule has 0 aliphatic carbocycles. The van der Waals surface area contributed by atoms with Gasteiger partial charge in [-0.1, -0.05) is 24.3 Å². The van der Waals surface area contributed by atoms with Crippen LogP contribution in [0.5, 0.6) is 11.5 Å². The molecule has 0 spiro atoms. The molecule has 0 bridgehead atoms. The van der Waals surface area contributed by atoms with Gasteiger partial charge >= 0.3 is 5.24 Å². The van der Waals surface area contributed by atoms with Crippen LogP contribution in [-0.2, 0) is 16.5 Å². The van der Waals surface area contributed by atoms with Gasteiger partial charge in [-0.3, -0.25) is 4.79 Å². The Labute approximate surface area is 189 Å². The standard InChI is InChI=1S/C25H21NO5S/c1-25(2)23-22(29-24(32)30-23)19-17(31-25)11-16(28-4)18-20(19)26(3)15-10-13-8-6-5-7-12(13)9-14(15)21(18)27/h5-11,22-23H,1-4H3/t22-,23-/m1/s1. The first-order valence-corrected chi connectivity index (χ1v) is 10.8. The Kier molecular flexibility index (Phi) is 3.85. The van der Waals surface area contributed by atoms with Gasteiger partial charge in [0.1, 0.15) is 17.1 Å². The van der Waals surface area contributed by atoms with Crippen LogP contribution in [-0.4, -0.2) is 28.6 Å². The number of hydrogen-bond acceptors (Lipinski definition) is 6. The second kappa shape index (κ2) is 6.36. The third-order valence-corrected chi connectivity index (χ3v) is 6.77. The van der Waals surface area contributed by atoms with E-state index in [1.165, 1.54) is 0 Å². The highest BCUT2D eigenvalue weighted by Crippen LogP contribution is 2.51. The van der Waals surface area contributed by atoms with Gasteiger partial charge in [0.15, 0.2) is 12.2 Å². The number of ether oxygens (including phenoxy) is 4. The van der Waals surface area contributed by atoms with Crippen LogP contribution in [0.15, 0.2) is 47.3 Å². The number of rotatable bonds is 1. The van der Waals surface area contributed by atoms with Gasteiger partial charge in [-0.15, -0.1) is 0 Å². The maximum absolute atomic E-state index is 13.8. The summed E-state index contributed by atoms with van der Waals surface area (Å²) in [5.74, 6) is 1.06. The van der Waals surface area contributed by atoms with E-state index < -0.39 is 17.8 Å². The van der Waals surface area contributed by atoms with Crippen LogP contribution in [0.2, 0.25) is 0 Å². The first kappa shape index (κ1) is 19.4. The quantitative estimate of drug-likeness (QED) is 0.310. The van der Waals surface area contributed by atoms with Gasteiger partial charge in [0, 0.05) is 30.7 Å². The molecule has 0 saturated carbocycles. The topological polar surface area (TPSA) is 58.9 Å². The summed E-state index contributed by atoms with van der Waals surface area (Å²) in [6.45, 7) is 3.88. The van der Waals surface area contributed by atoms with Gasteiger partial charge in [-0.05, 0) is 36.8 Å². The van der Waals surface area contributed by atoms with Gasteiger partial charge in [0.05, 0.1) is 29.1 Å². The summed E-state index contributed by atoms with van der Waals surface area (Å²) in [5, 5.41) is 3.27. The number of aryl methyl sites for hydroxylation is 1. The highest BCUT2D eigenvalue weighted by atomic mass is 32.1. The number of benzene rings is 3. The molecular weight excluding hydrogens is 426 g/mol. The second-order valence-electron chi connectivity index (χ2n) is 8.85. The molecule has 0 radical (unpaired) electrons. The van der Waals surface area contributed by atoms with Crippen molar-refractivity contribution in [3.8, 4) is 11.5 Å². The van der Waals surface area contributed by atoms with E-state index in [1.807, 2.05) is 61.9 Å². The number of fused-ring (bicyclic) bond motifs is 7. The average Bonchev–Trinajstić information content (AvgIpc) is 3.17. The Hall–Kier alpha value is -3.32. The third kappa shape index (κ3) is 2.45. The first-order valence-electron chi connectivity index (χ1n) is 10.4. The Morgan fingerprint density at radius 3 is 2.53 bits per heavy atom. The lowest BCUT2D eigenvalue weighted by Gasteiger charge is -2.39. The van der Waals surface area contributed by atoms with E-state index in [1.54, 1.807) is 13.2 Å². The minimum atomic E-state index is -0.678. The summed E-state index contributed by atoms with van der Waals surface area (Å²) in [6, 6.07) is 13.8. The molecule has 1 saturated heterocycles. The van der Waals surface area contributed by atoms with Crippen LogP contribution in [0.25, 0.3) is 32.6 Å². The number of methoxy groups -OCH3 is 1. The van der Waals surface area contributed by atoms with E-state index in [-0.39, 0.29) is 10.7 Å². The fourth-order valence-electron chi connectivity index (χ4n) is 5.08. The Morgan fingerprint density at radius 2 is 1.81 bits per heavy atom. The number of pyridine rings is 1. The monoisotopic (exact) mass is 447 g/mol. The molecular formula is C25H21NO5S. The molecule has 0 amide bonds. The lowest BCUT2D eigenvalue weighted by atomic mass is 9.86. The van der Waals surface area contributed by atoms with E-state index in [0.717, 1.165) is 21.9 Å². The predicted molar refractivity (Wildman–Crippen MR) is 127 cm³/mol.